The van der Waals surface area contributed by atoms with E-state index in [9.17, 15) is 0 Å². The predicted molar refractivity (Wildman–Crippen MR) is 40.1 cm³/mol. The number of rotatable bonds is 0. The van der Waals surface area contributed by atoms with Gasteiger partial charge in [-0.3, -0.25) is 0 Å². The summed E-state index contributed by atoms with van der Waals surface area (Å²) in [6, 6.07) is 0. The van der Waals surface area contributed by atoms with Crippen LogP contribution in [0.15, 0.2) is 0 Å². The summed E-state index contributed by atoms with van der Waals surface area (Å²) >= 11 is 0. The Bertz CT molecular complexity index is 57.8. The van der Waals surface area contributed by atoms with Gasteiger partial charge in [-0.25, -0.2) is 0 Å². The van der Waals surface area contributed by atoms with Crippen molar-refractivity contribution in [3.05, 3.63) is 0 Å². The van der Waals surface area contributed by atoms with Crippen LogP contribution in [0.25, 0.3) is 0 Å². The average molecular weight is 377 g/mol. The molecule has 2 aliphatic rings. The third-order valence-corrected chi connectivity index (χ3v) is 1.65. The van der Waals surface area contributed by atoms with E-state index in [0.29, 0.717) is 0 Å². The van der Waals surface area contributed by atoms with Crippen LogP contribution in [-0.2, 0) is 35.7 Å². The maximum atomic E-state index is 4.94. The van der Waals surface area contributed by atoms with Gasteiger partial charge in [-0.15, -0.1) is 0 Å². The molecule has 0 aliphatic carbocycles. The van der Waals surface area contributed by atoms with Gasteiger partial charge in [0, 0.05) is 26.4 Å². The topological polar surface area (TPSA) is 18.5 Å². The Hall–Kier alpha value is 1.96. The molecular weight excluding hydrogens is 361 g/mol. The third-order valence-electron chi connectivity index (χ3n) is 1.65. The van der Waals surface area contributed by atoms with Crippen LogP contribution in [0.2, 0.25) is 0 Å². The monoisotopic (exact) mass is 374 g/mol. The Morgan fingerprint density at radius 1 is 0.467 bits per heavy atom. The van der Waals surface area contributed by atoms with Crippen molar-refractivity contribution in [3.63, 3.8) is 0 Å². The van der Waals surface area contributed by atoms with Crippen molar-refractivity contribution in [2.45, 2.75) is 25.7 Å². The van der Waals surface area contributed by atoms with Gasteiger partial charge in [-0.1, -0.05) is 0 Å². The molecule has 0 amide bonds. The third kappa shape index (κ3) is 21.7. The molecule has 2 aliphatic heterocycles. The van der Waals surface area contributed by atoms with Crippen LogP contribution in [0.4, 0.5) is 0 Å². The van der Waals surface area contributed by atoms with Gasteiger partial charge in [-0.05, 0) is 25.7 Å². The van der Waals surface area contributed by atoms with Crippen molar-refractivity contribution in [2.24, 2.45) is 0 Å². The van der Waals surface area contributed by atoms with Gasteiger partial charge in [0.05, 0.1) is 0 Å². The van der Waals surface area contributed by atoms with Crippen LogP contribution >= 0.6 is 0 Å². The first-order chi connectivity index (χ1) is 5.00. The molecule has 2 rings (SSSR count). The van der Waals surface area contributed by atoms with Gasteiger partial charge in [0.15, 0.2) is 0 Å². The number of ether oxygens (including phenoxy) is 2. The van der Waals surface area contributed by atoms with E-state index >= 15 is 0 Å². The van der Waals surface area contributed by atoms with Crippen LogP contribution in [0.3, 0.4) is 0 Å². The molecule has 2 fully saturated rings. The standard InChI is InChI=1S/2C4H8O.4ClH.Zr/c2*1-2-4-5-3-1;;;;;/h2*1-4H2;4*1H;/q;;;;;;+2/p-4. The van der Waals surface area contributed by atoms with E-state index in [0.717, 1.165) is 26.4 Å². The number of halogens is 4. The summed E-state index contributed by atoms with van der Waals surface area (Å²) in [5, 5.41) is 0. The van der Waals surface area contributed by atoms with E-state index in [1.165, 1.54) is 25.7 Å². The van der Waals surface area contributed by atoms with Gasteiger partial charge in [-0.2, -0.15) is 0 Å². The van der Waals surface area contributed by atoms with Crippen molar-refractivity contribution in [1.29, 1.82) is 0 Å². The number of hydrogen-bond acceptors (Lipinski definition) is 2. The van der Waals surface area contributed by atoms with E-state index in [1.54, 1.807) is 0 Å². The minimum Gasteiger partial charge on any atom is -1.00 e. The molecule has 7 heteroatoms. The van der Waals surface area contributed by atoms with Crippen molar-refractivity contribution in [2.75, 3.05) is 26.4 Å². The Morgan fingerprint density at radius 2 is 0.667 bits per heavy atom. The molecule has 2 saturated heterocycles. The predicted octanol–water partition coefficient (Wildman–Crippen LogP) is -10.4. The molecule has 0 N–H and O–H groups in total. The summed E-state index contributed by atoms with van der Waals surface area (Å²) < 4.78 is 9.89. The molecule has 0 aromatic heterocycles. The Balaban J connectivity index is -0.0000000333. The summed E-state index contributed by atoms with van der Waals surface area (Å²) in [5.41, 5.74) is 0. The molecule has 15 heavy (non-hydrogen) atoms. The maximum Gasteiger partial charge on any atom is 2.00 e. The molecule has 94 valence electrons. The van der Waals surface area contributed by atoms with Gasteiger partial charge < -0.3 is 59.1 Å². The Kier molecular flexibility index (Phi) is 50.3. The molecule has 2 heterocycles. The normalized spacial score (nSPS) is 16.0. The van der Waals surface area contributed by atoms with Gasteiger partial charge in [0.25, 0.3) is 0 Å². The molecule has 0 unspecified atom stereocenters. The van der Waals surface area contributed by atoms with Crippen molar-refractivity contribution in [3.8, 4) is 0 Å². The van der Waals surface area contributed by atoms with Crippen molar-refractivity contribution in [1.82, 2.24) is 0 Å². The van der Waals surface area contributed by atoms with Gasteiger partial charge in [0.2, 0.25) is 0 Å². The fraction of sp³-hybridized carbons (Fsp3) is 1.00. The van der Waals surface area contributed by atoms with E-state index in [2.05, 4.69) is 0 Å². The van der Waals surface area contributed by atoms with E-state index < -0.39 is 0 Å². The summed E-state index contributed by atoms with van der Waals surface area (Å²) in [6.07, 6.45) is 5.11. The first kappa shape index (κ1) is 30.2. The van der Waals surface area contributed by atoms with Crippen LogP contribution in [0.5, 0.6) is 0 Å². The van der Waals surface area contributed by atoms with Gasteiger partial charge in [0.1, 0.15) is 0 Å². The molecule has 0 saturated carbocycles. The molecular formula is C8H16Cl4O2Zr-2. The van der Waals surface area contributed by atoms with Crippen LogP contribution in [-0.4, -0.2) is 26.4 Å². The van der Waals surface area contributed by atoms with Crippen LogP contribution in [0, 0.1) is 0 Å². The summed E-state index contributed by atoms with van der Waals surface area (Å²) in [5.74, 6) is 0. The zero-order valence-corrected chi connectivity index (χ0v) is 14.0. The first-order valence-electron chi connectivity index (χ1n) is 4.15. The number of hydrogen-bond donors (Lipinski definition) is 0. The smallest absolute Gasteiger partial charge is 1.00 e. The Labute approximate surface area is 136 Å². The minimum atomic E-state index is 0. The second-order valence-electron chi connectivity index (χ2n) is 2.64. The van der Waals surface area contributed by atoms with Crippen molar-refractivity contribution >= 4 is 0 Å². The fourth-order valence-corrected chi connectivity index (χ4v) is 1.02. The summed E-state index contributed by atoms with van der Waals surface area (Å²) in [4.78, 5) is 0. The van der Waals surface area contributed by atoms with E-state index in [4.69, 9.17) is 9.47 Å². The molecule has 2 nitrogen and oxygen atoms in total. The van der Waals surface area contributed by atoms with E-state index in [-0.39, 0.29) is 75.8 Å². The quantitative estimate of drug-likeness (QED) is 0.418. The largest absolute Gasteiger partial charge is 2.00 e. The maximum absolute atomic E-state index is 4.94. The molecule has 0 aromatic carbocycles. The SMILES string of the molecule is C1CCOC1.C1CCOC1.[Cl-].[Cl-].[Cl-].[Cl-].[Zr+2]. The second-order valence-corrected chi connectivity index (χ2v) is 2.64. The zero-order chi connectivity index (χ0) is 7.07. The second kappa shape index (κ2) is 25.0. The van der Waals surface area contributed by atoms with Crippen LogP contribution in [0.1, 0.15) is 25.7 Å². The molecule has 0 spiro atoms. The van der Waals surface area contributed by atoms with Gasteiger partial charge >= 0.3 is 26.2 Å². The van der Waals surface area contributed by atoms with E-state index in [1.807, 2.05) is 0 Å². The summed E-state index contributed by atoms with van der Waals surface area (Å²) in [6.45, 7) is 4.00. The molecule has 0 atom stereocenters. The molecule has 0 bridgehead atoms. The van der Waals surface area contributed by atoms with Crippen molar-refractivity contribution < 1.29 is 85.3 Å². The molecule has 0 radical (unpaired) electrons. The summed E-state index contributed by atoms with van der Waals surface area (Å²) in [7, 11) is 0. The average Bonchev–Trinajstić information content (AvgIpc) is 2.67. The molecule has 0 aromatic rings. The fourth-order valence-electron chi connectivity index (χ4n) is 1.02. The minimum absolute atomic E-state index is 0. The first-order valence-corrected chi connectivity index (χ1v) is 4.15. The van der Waals surface area contributed by atoms with Crippen LogP contribution < -0.4 is 49.6 Å². The zero-order valence-electron chi connectivity index (χ0n) is 8.49. The Morgan fingerprint density at radius 3 is 0.733 bits per heavy atom.